The van der Waals surface area contributed by atoms with Crippen LogP contribution in [0.2, 0.25) is 0 Å². The fourth-order valence-corrected chi connectivity index (χ4v) is 4.62. The molecule has 0 aliphatic carbocycles. The Hall–Kier alpha value is -3.16. The smallest absolute Gasteiger partial charge is 0.256 e. The molecule has 4 N–H and O–H groups in total. The highest BCUT2D eigenvalue weighted by Crippen LogP contribution is 2.39. The van der Waals surface area contributed by atoms with Gasteiger partial charge in [-0.1, -0.05) is 38.6 Å². The predicted octanol–water partition coefficient (Wildman–Crippen LogP) is 4.83. The van der Waals surface area contributed by atoms with E-state index in [1.807, 2.05) is 12.1 Å². The van der Waals surface area contributed by atoms with E-state index in [4.69, 9.17) is 5.73 Å². The first-order chi connectivity index (χ1) is 14.9. The number of amides is 2. The predicted molar refractivity (Wildman–Crippen MR) is 128 cm³/mol. The van der Waals surface area contributed by atoms with E-state index in [1.165, 1.54) is 17.4 Å². The van der Waals surface area contributed by atoms with Crippen LogP contribution in [0.1, 0.15) is 52.1 Å². The Balaban J connectivity index is 1.85. The lowest BCUT2D eigenvalue weighted by atomic mass is 10.1. The summed E-state index contributed by atoms with van der Waals surface area (Å²) in [4.78, 5) is 27.3. The number of nitrogens with zero attached hydrogens (tertiary/aromatic N) is 1. The third-order valence-electron chi connectivity index (χ3n) is 5.14. The highest BCUT2D eigenvalue weighted by atomic mass is 32.1. The van der Waals surface area contributed by atoms with Gasteiger partial charge in [0.05, 0.1) is 5.56 Å². The summed E-state index contributed by atoms with van der Waals surface area (Å²) in [5.74, 6) is -0.916. The van der Waals surface area contributed by atoms with Crippen molar-refractivity contribution in [2.75, 3.05) is 18.4 Å². The zero-order chi connectivity index (χ0) is 22.5. The second-order valence-corrected chi connectivity index (χ2v) is 8.35. The molecule has 6 nitrogen and oxygen atoms in total. The number of rotatable bonds is 9. The zero-order valence-corrected chi connectivity index (χ0v) is 18.6. The largest absolute Gasteiger partial charge is 0.507 e. The van der Waals surface area contributed by atoms with Gasteiger partial charge in [0.2, 0.25) is 0 Å². The molecule has 0 bridgehead atoms. The number of fused-ring (bicyclic) bond motifs is 1. The molecule has 3 rings (SSSR count). The van der Waals surface area contributed by atoms with Gasteiger partial charge in [0.25, 0.3) is 11.8 Å². The maximum atomic E-state index is 12.8. The molecule has 162 valence electrons. The number of thiophene rings is 1. The van der Waals surface area contributed by atoms with Gasteiger partial charge < -0.3 is 16.2 Å². The first kappa shape index (κ1) is 22.5. The average Bonchev–Trinajstić information content (AvgIpc) is 3.09. The van der Waals surface area contributed by atoms with Gasteiger partial charge in [0.15, 0.2) is 0 Å². The number of phenols is 1. The van der Waals surface area contributed by atoms with Crippen molar-refractivity contribution in [1.29, 1.82) is 0 Å². The first-order valence-electron chi connectivity index (χ1n) is 10.2. The van der Waals surface area contributed by atoms with E-state index >= 15 is 0 Å². The van der Waals surface area contributed by atoms with Crippen LogP contribution in [0.15, 0.2) is 43.0 Å². The number of carbonyl (C=O) groups is 2. The Morgan fingerprint density at radius 3 is 2.52 bits per heavy atom. The molecule has 0 fully saturated rings. The number of carbonyl (C=O) groups excluding carboxylic acids is 2. The highest BCUT2D eigenvalue weighted by molar-refractivity contribution is 7.23. The molecule has 2 aromatic carbocycles. The monoisotopic (exact) mass is 437 g/mol. The summed E-state index contributed by atoms with van der Waals surface area (Å²) in [7, 11) is 0. The van der Waals surface area contributed by atoms with Crippen LogP contribution >= 0.6 is 11.3 Å². The lowest BCUT2D eigenvalue weighted by molar-refractivity contribution is 0.100. The number of aromatic hydroxyl groups is 1. The van der Waals surface area contributed by atoms with E-state index in [0.29, 0.717) is 26.2 Å². The molecular weight excluding hydrogens is 410 g/mol. The maximum absolute atomic E-state index is 12.8. The van der Waals surface area contributed by atoms with E-state index in [0.717, 1.165) is 31.6 Å². The topological polar surface area (TPSA) is 95.7 Å². The van der Waals surface area contributed by atoms with Gasteiger partial charge in [0, 0.05) is 27.8 Å². The quantitative estimate of drug-likeness (QED) is 0.447. The van der Waals surface area contributed by atoms with Gasteiger partial charge in [-0.05, 0) is 49.3 Å². The summed E-state index contributed by atoms with van der Waals surface area (Å²) in [6.07, 6.45) is 2.59. The van der Waals surface area contributed by atoms with Gasteiger partial charge in [0.1, 0.15) is 10.8 Å². The summed E-state index contributed by atoms with van der Waals surface area (Å²) in [6.45, 7) is 10.8. The molecule has 3 aromatic rings. The molecule has 0 aliphatic rings. The van der Waals surface area contributed by atoms with E-state index in [-0.39, 0.29) is 17.2 Å². The maximum Gasteiger partial charge on any atom is 0.256 e. The van der Waals surface area contributed by atoms with E-state index < -0.39 is 5.91 Å². The van der Waals surface area contributed by atoms with Gasteiger partial charge in [-0.25, -0.2) is 0 Å². The second-order valence-electron chi connectivity index (χ2n) is 7.30. The minimum absolute atomic E-state index is 0.0532. The number of nitrogens with one attached hydrogen (secondary N) is 1. The molecule has 0 aliphatic heterocycles. The van der Waals surface area contributed by atoms with Gasteiger partial charge in [-0.3, -0.25) is 14.5 Å². The summed E-state index contributed by atoms with van der Waals surface area (Å²) in [5, 5.41) is 13.8. The SMILES string of the molecule is C=Cc1cc2c(C(N)=O)c(NC(=O)c3ccc(CN(CC)CCC)cc3)sc2cc1O. The van der Waals surface area contributed by atoms with Crippen molar-refractivity contribution in [3.05, 3.63) is 65.2 Å². The number of hydrogen-bond donors (Lipinski definition) is 3. The molecular formula is C24H27N3O3S. The third-order valence-corrected chi connectivity index (χ3v) is 6.21. The van der Waals surface area contributed by atoms with Crippen molar-refractivity contribution in [1.82, 2.24) is 4.90 Å². The van der Waals surface area contributed by atoms with Crippen molar-refractivity contribution < 1.29 is 14.7 Å². The number of anilines is 1. The molecule has 0 atom stereocenters. The second kappa shape index (κ2) is 9.76. The molecule has 0 saturated heterocycles. The van der Waals surface area contributed by atoms with Crippen LogP contribution in [0.4, 0.5) is 5.00 Å². The molecule has 0 spiro atoms. The average molecular weight is 438 g/mol. The number of benzene rings is 2. The van der Waals surface area contributed by atoms with Crippen LogP contribution < -0.4 is 11.1 Å². The van der Waals surface area contributed by atoms with Crippen molar-refractivity contribution in [2.24, 2.45) is 5.73 Å². The first-order valence-corrected chi connectivity index (χ1v) is 11.0. The summed E-state index contributed by atoms with van der Waals surface area (Å²) in [6, 6.07) is 10.6. The molecule has 0 radical (unpaired) electrons. The van der Waals surface area contributed by atoms with E-state index in [2.05, 4.69) is 30.6 Å². The van der Waals surface area contributed by atoms with Crippen molar-refractivity contribution in [2.45, 2.75) is 26.8 Å². The fraction of sp³-hybridized carbons (Fsp3) is 0.250. The van der Waals surface area contributed by atoms with Crippen LogP contribution in [0.5, 0.6) is 5.75 Å². The summed E-state index contributed by atoms with van der Waals surface area (Å²) in [5.41, 5.74) is 7.94. The molecule has 2 amide bonds. The Labute approximate surface area is 186 Å². The number of hydrogen-bond acceptors (Lipinski definition) is 5. The highest BCUT2D eigenvalue weighted by Gasteiger charge is 2.20. The molecule has 0 unspecified atom stereocenters. The number of primary amides is 1. The number of nitrogens with two attached hydrogens (primary N) is 1. The third kappa shape index (κ3) is 4.95. The minimum Gasteiger partial charge on any atom is -0.507 e. The zero-order valence-electron chi connectivity index (χ0n) is 17.8. The molecule has 1 aromatic heterocycles. The van der Waals surface area contributed by atoms with Crippen LogP contribution in [-0.2, 0) is 6.54 Å². The summed E-state index contributed by atoms with van der Waals surface area (Å²) >= 11 is 1.19. The lowest BCUT2D eigenvalue weighted by Crippen LogP contribution is -2.23. The van der Waals surface area contributed by atoms with Crippen molar-refractivity contribution >= 4 is 44.3 Å². The lowest BCUT2D eigenvalue weighted by Gasteiger charge is -2.19. The van der Waals surface area contributed by atoms with Gasteiger partial charge >= 0.3 is 0 Å². The standard InChI is InChI=1S/C24H27N3O3S/c1-4-11-27(6-3)14-15-7-9-17(10-8-15)23(30)26-24-21(22(25)29)18-12-16(5-2)19(28)13-20(18)31-24/h5,7-10,12-13,28H,2,4,6,11,14H2,1,3H3,(H2,25,29)(H,26,30). The van der Waals surface area contributed by atoms with Crippen molar-refractivity contribution in [3.63, 3.8) is 0 Å². The normalized spacial score (nSPS) is 11.1. The fourth-order valence-electron chi connectivity index (χ4n) is 3.51. The molecule has 31 heavy (non-hydrogen) atoms. The Morgan fingerprint density at radius 1 is 1.23 bits per heavy atom. The van der Waals surface area contributed by atoms with Crippen LogP contribution in [-0.4, -0.2) is 34.9 Å². The Kier molecular flexibility index (Phi) is 7.09. The van der Waals surface area contributed by atoms with E-state index in [1.54, 1.807) is 24.3 Å². The Morgan fingerprint density at radius 2 is 1.94 bits per heavy atom. The molecule has 0 saturated carbocycles. The van der Waals surface area contributed by atoms with Crippen LogP contribution in [0, 0.1) is 0 Å². The summed E-state index contributed by atoms with van der Waals surface area (Å²) < 4.78 is 0.651. The van der Waals surface area contributed by atoms with Gasteiger partial charge in [-0.2, -0.15) is 0 Å². The Bertz CT molecular complexity index is 1120. The van der Waals surface area contributed by atoms with Gasteiger partial charge in [-0.15, -0.1) is 11.3 Å². The van der Waals surface area contributed by atoms with Crippen LogP contribution in [0.3, 0.4) is 0 Å². The molecule has 7 heteroatoms. The van der Waals surface area contributed by atoms with Crippen LogP contribution in [0.25, 0.3) is 16.2 Å². The molecule has 1 heterocycles. The van der Waals surface area contributed by atoms with E-state index in [9.17, 15) is 14.7 Å². The minimum atomic E-state index is -0.645. The number of phenolic OH excluding ortho intramolecular Hbond substituents is 1. The van der Waals surface area contributed by atoms with Crippen molar-refractivity contribution in [3.8, 4) is 5.75 Å².